The van der Waals surface area contributed by atoms with Crippen LogP contribution in [-0.4, -0.2) is 4.40 Å². The molecule has 9 rings (SSSR count). The highest BCUT2D eigenvalue weighted by atomic mass is 15.2. The highest BCUT2D eigenvalue weighted by Crippen LogP contribution is 2.50. The molecule has 0 aliphatic heterocycles. The first-order valence-corrected chi connectivity index (χ1v) is 20.4. The maximum atomic E-state index is 2.54. The summed E-state index contributed by atoms with van der Waals surface area (Å²) < 4.78 is 2.54. The van der Waals surface area contributed by atoms with Crippen LogP contribution in [0.1, 0.15) is 66.8 Å². The van der Waals surface area contributed by atoms with Crippen LogP contribution < -0.4 is 9.80 Å². The van der Waals surface area contributed by atoms with Gasteiger partial charge in [-0.15, -0.1) is 0 Å². The van der Waals surface area contributed by atoms with Crippen LogP contribution in [0.5, 0.6) is 0 Å². The minimum absolute atomic E-state index is 1.19. The van der Waals surface area contributed by atoms with E-state index in [1.807, 2.05) is 0 Å². The average Bonchev–Trinajstić information content (AvgIpc) is 3.70. The van der Waals surface area contributed by atoms with Crippen molar-refractivity contribution in [2.24, 2.45) is 0 Å². The Morgan fingerprint density at radius 1 is 0.333 bits per heavy atom. The molecule has 2 aromatic heterocycles. The monoisotopic (exact) mass is 743 g/mol. The number of aryl methyl sites for hydroxylation is 9. The van der Waals surface area contributed by atoms with Crippen molar-refractivity contribution in [2.75, 3.05) is 9.80 Å². The normalized spacial score (nSPS) is 11.9. The van der Waals surface area contributed by atoms with Gasteiger partial charge in [0, 0.05) is 44.3 Å². The van der Waals surface area contributed by atoms with Crippen LogP contribution in [-0.2, 0) is 0 Å². The molecule has 0 bridgehead atoms. The van der Waals surface area contributed by atoms with Crippen molar-refractivity contribution in [3.05, 3.63) is 170 Å². The fourth-order valence-corrected chi connectivity index (χ4v) is 9.36. The molecule has 3 heteroatoms. The molecule has 57 heavy (non-hydrogen) atoms. The predicted molar refractivity (Wildman–Crippen MR) is 247 cm³/mol. The summed E-state index contributed by atoms with van der Waals surface area (Å²) in [6.07, 6.45) is 0. The van der Waals surface area contributed by atoms with Crippen molar-refractivity contribution >= 4 is 72.2 Å². The van der Waals surface area contributed by atoms with Crippen LogP contribution >= 0.6 is 0 Å². The van der Waals surface area contributed by atoms with E-state index in [1.165, 1.54) is 139 Å². The van der Waals surface area contributed by atoms with Crippen LogP contribution in [0, 0.1) is 83.1 Å². The Balaban J connectivity index is 1.37. The van der Waals surface area contributed by atoms with Crippen molar-refractivity contribution in [1.29, 1.82) is 0 Å². The average molecular weight is 744 g/mol. The topological polar surface area (TPSA) is 10.9 Å². The Kier molecular flexibility index (Phi) is 8.51. The number of hydrogen-bond donors (Lipinski definition) is 0. The first-order chi connectivity index (χ1) is 27.2. The maximum absolute atomic E-state index is 2.54. The molecule has 9 aromatic rings. The lowest BCUT2D eigenvalue weighted by Gasteiger charge is -2.30. The maximum Gasteiger partial charge on any atom is 0.0622 e. The van der Waals surface area contributed by atoms with Gasteiger partial charge in [0.2, 0.25) is 0 Å². The van der Waals surface area contributed by atoms with Crippen LogP contribution in [0.15, 0.2) is 103 Å². The quantitative estimate of drug-likeness (QED) is 0.168. The van der Waals surface area contributed by atoms with Crippen molar-refractivity contribution in [3.63, 3.8) is 0 Å². The Bertz CT molecular complexity index is 2970. The molecule has 0 saturated heterocycles. The van der Waals surface area contributed by atoms with Gasteiger partial charge in [0.05, 0.1) is 27.9 Å². The first-order valence-electron chi connectivity index (χ1n) is 20.4. The molecule has 0 fully saturated rings. The van der Waals surface area contributed by atoms with Crippen LogP contribution in [0.3, 0.4) is 0 Å². The predicted octanol–water partition coefficient (Wildman–Crippen LogP) is 15.5. The van der Waals surface area contributed by atoms with Crippen LogP contribution in [0.4, 0.5) is 34.1 Å². The number of rotatable bonds is 6. The van der Waals surface area contributed by atoms with E-state index < -0.39 is 0 Å². The van der Waals surface area contributed by atoms with Gasteiger partial charge in [0.1, 0.15) is 0 Å². The van der Waals surface area contributed by atoms with Crippen molar-refractivity contribution in [1.82, 2.24) is 4.40 Å². The minimum atomic E-state index is 1.19. The molecular weight excluding hydrogens is 691 g/mol. The van der Waals surface area contributed by atoms with Gasteiger partial charge in [0.15, 0.2) is 0 Å². The summed E-state index contributed by atoms with van der Waals surface area (Å²) >= 11 is 0. The molecule has 0 aliphatic carbocycles. The van der Waals surface area contributed by atoms with Gasteiger partial charge >= 0.3 is 0 Å². The number of fused-ring (bicyclic) bond motifs is 6. The van der Waals surface area contributed by atoms with Gasteiger partial charge in [-0.05, 0) is 217 Å². The zero-order valence-electron chi connectivity index (χ0n) is 35.7. The van der Waals surface area contributed by atoms with Gasteiger partial charge in [0.25, 0.3) is 0 Å². The highest BCUT2D eigenvalue weighted by molar-refractivity contribution is 6.28. The third kappa shape index (κ3) is 5.54. The summed E-state index contributed by atoms with van der Waals surface area (Å²) in [5.41, 5.74) is 26.6. The highest BCUT2D eigenvalue weighted by Gasteiger charge is 2.27. The van der Waals surface area contributed by atoms with E-state index in [2.05, 4.69) is 200 Å². The van der Waals surface area contributed by atoms with Crippen LogP contribution in [0.2, 0.25) is 0 Å². The molecule has 0 spiro atoms. The zero-order valence-corrected chi connectivity index (χ0v) is 35.7. The lowest BCUT2D eigenvalue weighted by atomic mass is 9.98. The van der Waals surface area contributed by atoms with Gasteiger partial charge in [-0.1, -0.05) is 36.4 Å². The largest absolute Gasteiger partial charge is 0.310 e. The van der Waals surface area contributed by atoms with E-state index in [1.54, 1.807) is 0 Å². The standard InChI is InChI=1S/C54H53N3/c1-30-22-38(9)51(29-31(30)2)56(44-27-36(7)41(12)37(8)28-44)48-19-15-21-50-53(48)46-17-13-16-45-52-47(18-14-20-49(52)57(50)54(45)46)55(42-23-32(3)39(10)33(4)24-42)43-25-34(5)40(11)35(6)26-43/h13-29H,1-12H3. The Morgan fingerprint density at radius 2 is 0.702 bits per heavy atom. The van der Waals surface area contributed by atoms with E-state index >= 15 is 0 Å². The summed E-state index contributed by atoms with van der Waals surface area (Å²) in [4.78, 5) is 5.02. The molecule has 3 nitrogen and oxygen atoms in total. The second-order valence-electron chi connectivity index (χ2n) is 16.9. The number of para-hydroxylation sites is 1. The van der Waals surface area contributed by atoms with E-state index in [4.69, 9.17) is 0 Å². The van der Waals surface area contributed by atoms with Gasteiger partial charge in [-0.3, -0.25) is 0 Å². The molecule has 0 unspecified atom stereocenters. The third-order valence-corrected chi connectivity index (χ3v) is 13.4. The molecule has 284 valence electrons. The van der Waals surface area contributed by atoms with E-state index in [-0.39, 0.29) is 0 Å². The summed E-state index contributed by atoms with van der Waals surface area (Å²) in [7, 11) is 0. The second-order valence-corrected chi connectivity index (χ2v) is 16.9. The molecular formula is C54H53N3. The van der Waals surface area contributed by atoms with Gasteiger partial charge in [-0.25, -0.2) is 0 Å². The fraction of sp³-hybridized carbons (Fsp3) is 0.222. The number of hydrogen-bond acceptors (Lipinski definition) is 2. The van der Waals surface area contributed by atoms with E-state index in [0.717, 1.165) is 0 Å². The molecule has 0 N–H and O–H groups in total. The summed E-state index contributed by atoms with van der Waals surface area (Å²) in [5, 5.41) is 5.07. The van der Waals surface area contributed by atoms with Crippen molar-refractivity contribution < 1.29 is 0 Å². The fourth-order valence-electron chi connectivity index (χ4n) is 9.36. The lowest BCUT2D eigenvalue weighted by Crippen LogP contribution is -2.13. The molecule has 2 heterocycles. The molecule has 0 amide bonds. The lowest BCUT2D eigenvalue weighted by molar-refractivity contribution is 1.19. The zero-order chi connectivity index (χ0) is 40.2. The molecule has 7 aromatic carbocycles. The van der Waals surface area contributed by atoms with Gasteiger partial charge < -0.3 is 14.2 Å². The van der Waals surface area contributed by atoms with Crippen molar-refractivity contribution in [2.45, 2.75) is 83.1 Å². The van der Waals surface area contributed by atoms with Gasteiger partial charge in [-0.2, -0.15) is 0 Å². The minimum Gasteiger partial charge on any atom is -0.310 e. The molecule has 0 aliphatic rings. The Labute approximate surface area is 338 Å². The summed E-state index contributed by atoms with van der Waals surface area (Å²) in [6.45, 7) is 26.8. The number of anilines is 6. The Morgan fingerprint density at radius 3 is 1.14 bits per heavy atom. The number of nitrogens with zero attached hydrogens (tertiary/aromatic N) is 3. The Hall–Kier alpha value is -6.06. The molecule has 0 saturated carbocycles. The van der Waals surface area contributed by atoms with E-state index in [0.29, 0.717) is 0 Å². The molecule has 0 radical (unpaired) electrons. The number of benzene rings is 7. The molecule has 0 atom stereocenters. The summed E-state index contributed by atoms with van der Waals surface area (Å²) in [5.74, 6) is 0. The van der Waals surface area contributed by atoms with Crippen molar-refractivity contribution in [3.8, 4) is 0 Å². The first kappa shape index (κ1) is 36.6. The SMILES string of the molecule is Cc1cc(C)c(N(c2cc(C)c(C)c(C)c2)c2cccc3c2c2cccc4c5c(N(c6cc(C)c(C)c(C)c6)c6cc(C)c(C)c(C)c6)cccc5n3c42)cc1C. The number of aromatic nitrogens is 1. The summed E-state index contributed by atoms with van der Waals surface area (Å²) in [6, 6.07) is 39.6. The third-order valence-electron chi connectivity index (χ3n) is 13.4. The second kappa shape index (κ2) is 13.3. The van der Waals surface area contributed by atoms with E-state index in [9.17, 15) is 0 Å². The smallest absolute Gasteiger partial charge is 0.0622 e. The van der Waals surface area contributed by atoms with Crippen LogP contribution in [0.25, 0.3) is 38.1 Å².